The van der Waals surface area contributed by atoms with Gasteiger partial charge in [-0.1, -0.05) is 19.3 Å². The Hall–Kier alpha value is -1.10. The first-order chi connectivity index (χ1) is 10.7. The normalized spacial score (nSPS) is 15.8. The molecule has 1 aliphatic carbocycles. The average molecular weight is 314 g/mol. The molecule has 0 N–H and O–H groups in total. The number of esters is 2. The summed E-state index contributed by atoms with van der Waals surface area (Å²) in [4.78, 5) is 23.6. The van der Waals surface area contributed by atoms with Crippen molar-refractivity contribution in [3.05, 3.63) is 0 Å². The highest BCUT2D eigenvalue weighted by molar-refractivity contribution is 5.94. The van der Waals surface area contributed by atoms with Crippen LogP contribution in [-0.2, 0) is 23.8 Å². The van der Waals surface area contributed by atoms with E-state index >= 15 is 0 Å². The quantitative estimate of drug-likeness (QED) is 0.352. The predicted octanol–water partition coefficient (Wildman–Crippen LogP) is 3.25. The van der Waals surface area contributed by atoms with Crippen molar-refractivity contribution in [1.29, 1.82) is 0 Å². The molecule has 0 bridgehead atoms. The predicted molar refractivity (Wildman–Crippen MR) is 83.4 cm³/mol. The summed E-state index contributed by atoms with van der Waals surface area (Å²) in [5.41, 5.74) is 0. The first kappa shape index (κ1) is 18.9. The molecule has 0 aliphatic heterocycles. The van der Waals surface area contributed by atoms with Gasteiger partial charge in [-0.2, -0.15) is 0 Å². The highest BCUT2D eigenvalue weighted by Crippen LogP contribution is 2.21. The number of carbonyl (C=O) groups excluding carboxylic acids is 2. The van der Waals surface area contributed by atoms with E-state index < -0.39 is 17.9 Å². The molecule has 0 amide bonds. The highest BCUT2D eigenvalue weighted by atomic mass is 16.6. The van der Waals surface area contributed by atoms with Crippen molar-refractivity contribution in [1.82, 2.24) is 0 Å². The Morgan fingerprint density at radius 2 is 1.55 bits per heavy atom. The Labute approximate surface area is 133 Å². The standard InChI is InChI=1S/C17H30O5/c1-3-20-16(18)15(17(19)21-4-2)12-8-9-13-22-14-10-6-5-7-11-14/h14-15H,3-13H2,1-2H3. The summed E-state index contributed by atoms with van der Waals surface area (Å²) >= 11 is 0. The van der Waals surface area contributed by atoms with Gasteiger partial charge >= 0.3 is 11.9 Å². The fraction of sp³-hybridized carbons (Fsp3) is 0.882. The van der Waals surface area contributed by atoms with Crippen molar-refractivity contribution in [2.45, 2.75) is 71.3 Å². The molecule has 0 radical (unpaired) electrons. The second kappa shape index (κ2) is 11.5. The lowest BCUT2D eigenvalue weighted by Crippen LogP contribution is -2.28. The fourth-order valence-corrected chi connectivity index (χ4v) is 2.75. The van der Waals surface area contributed by atoms with Gasteiger partial charge in [0.2, 0.25) is 0 Å². The SMILES string of the molecule is CCOC(=O)C(CCCCOC1CCCCC1)C(=O)OCC. The molecule has 0 saturated heterocycles. The van der Waals surface area contributed by atoms with Gasteiger partial charge in [-0.3, -0.25) is 9.59 Å². The molecule has 0 aromatic rings. The maximum Gasteiger partial charge on any atom is 0.320 e. The molecule has 1 saturated carbocycles. The minimum absolute atomic E-state index is 0.277. The van der Waals surface area contributed by atoms with Crippen LogP contribution in [0.15, 0.2) is 0 Å². The number of carbonyl (C=O) groups is 2. The monoisotopic (exact) mass is 314 g/mol. The Kier molecular flexibility index (Phi) is 9.87. The zero-order valence-electron chi connectivity index (χ0n) is 14.0. The van der Waals surface area contributed by atoms with Crippen molar-refractivity contribution in [2.24, 2.45) is 5.92 Å². The van der Waals surface area contributed by atoms with E-state index in [1.807, 2.05) is 0 Å². The smallest absolute Gasteiger partial charge is 0.320 e. The van der Waals surface area contributed by atoms with Crippen LogP contribution in [0.4, 0.5) is 0 Å². The van der Waals surface area contributed by atoms with Gasteiger partial charge in [0, 0.05) is 6.61 Å². The number of rotatable bonds is 10. The molecule has 5 heteroatoms. The zero-order valence-corrected chi connectivity index (χ0v) is 14.0. The summed E-state index contributed by atoms with van der Waals surface area (Å²) in [5.74, 6) is -1.75. The van der Waals surface area contributed by atoms with Crippen LogP contribution in [0.5, 0.6) is 0 Å². The first-order valence-electron chi connectivity index (χ1n) is 8.63. The summed E-state index contributed by atoms with van der Waals surface area (Å²) in [5, 5.41) is 0. The summed E-state index contributed by atoms with van der Waals surface area (Å²) in [6.45, 7) is 4.72. The number of ether oxygens (including phenoxy) is 3. The molecule has 128 valence electrons. The van der Waals surface area contributed by atoms with E-state index in [4.69, 9.17) is 14.2 Å². The van der Waals surface area contributed by atoms with Crippen LogP contribution >= 0.6 is 0 Å². The van der Waals surface area contributed by atoms with E-state index in [-0.39, 0.29) is 13.2 Å². The molecule has 22 heavy (non-hydrogen) atoms. The Bertz CT molecular complexity index is 305. The molecule has 0 atom stereocenters. The third kappa shape index (κ3) is 7.25. The zero-order chi connectivity index (χ0) is 16.2. The molecule has 0 aromatic carbocycles. The van der Waals surface area contributed by atoms with Gasteiger partial charge < -0.3 is 14.2 Å². The van der Waals surface area contributed by atoms with Crippen LogP contribution < -0.4 is 0 Å². The van der Waals surface area contributed by atoms with Crippen LogP contribution in [0.25, 0.3) is 0 Å². The maximum absolute atomic E-state index is 11.8. The van der Waals surface area contributed by atoms with Crippen molar-refractivity contribution in [3.8, 4) is 0 Å². The van der Waals surface area contributed by atoms with Gasteiger partial charge in [-0.15, -0.1) is 0 Å². The van der Waals surface area contributed by atoms with Crippen molar-refractivity contribution in [2.75, 3.05) is 19.8 Å². The Balaban J connectivity index is 2.23. The van der Waals surface area contributed by atoms with E-state index in [1.165, 1.54) is 19.3 Å². The molecule has 1 rings (SSSR count). The van der Waals surface area contributed by atoms with Crippen LogP contribution in [-0.4, -0.2) is 37.9 Å². The molecular weight excluding hydrogens is 284 g/mol. The van der Waals surface area contributed by atoms with Crippen LogP contribution in [0.2, 0.25) is 0 Å². The fourth-order valence-electron chi connectivity index (χ4n) is 2.75. The van der Waals surface area contributed by atoms with Gasteiger partial charge in [-0.05, 0) is 46.0 Å². The third-order valence-corrected chi connectivity index (χ3v) is 3.94. The minimum Gasteiger partial charge on any atom is -0.465 e. The molecule has 0 aromatic heterocycles. The van der Waals surface area contributed by atoms with E-state index in [0.717, 1.165) is 25.7 Å². The average Bonchev–Trinajstić information content (AvgIpc) is 2.52. The summed E-state index contributed by atoms with van der Waals surface area (Å²) in [6.07, 6.45) is 8.65. The lowest BCUT2D eigenvalue weighted by Gasteiger charge is -2.22. The van der Waals surface area contributed by atoms with E-state index in [9.17, 15) is 9.59 Å². The number of unbranched alkanes of at least 4 members (excludes halogenated alkanes) is 1. The summed E-state index contributed by atoms with van der Waals surface area (Å²) in [7, 11) is 0. The van der Waals surface area contributed by atoms with Gasteiger partial charge in [-0.25, -0.2) is 0 Å². The topological polar surface area (TPSA) is 61.8 Å². The van der Waals surface area contributed by atoms with Gasteiger partial charge in [0.1, 0.15) is 0 Å². The molecule has 1 aliphatic rings. The molecule has 0 spiro atoms. The summed E-state index contributed by atoms with van der Waals surface area (Å²) in [6, 6.07) is 0. The maximum atomic E-state index is 11.8. The molecular formula is C17H30O5. The molecule has 5 nitrogen and oxygen atoms in total. The van der Waals surface area contributed by atoms with Gasteiger partial charge in [0.25, 0.3) is 0 Å². The van der Waals surface area contributed by atoms with Crippen LogP contribution in [0, 0.1) is 5.92 Å². The largest absolute Gasteiger partial charge is 0.465 e. The van der Waals surface area contributed by atoms with Gasteiger partial charge in [0.05, 0.1) is 19.3 Å². The first-order valence-corrected chi connectivity index (χ1v) is 8.63. The minimum atomic E-state index is -0.797. The molecule has 0 unspecified atom stereocenters. The lowest BCUT2D eigenvalue weighted by atomic mass is 9.98. The van der Waals surface area contributed by atoms with Gasteiger partial charge in [0.15, 0.2) is 5.92 Å². The van der Waals surface area contributed by atoms with E-state index in [0.29, 0.717) is 19.1 Å². The van der Waals surface area contributed by atoms with Crippen molar-refractivity contribution < 1.29 is 23.8 Å². The summed E-state index contributed by atoms with van der Waals surface area (Å²) < 4.78 is 15.8. The van der Waals surface area contributed by atoms with Crippen molar-refractivity contribution in [3.63, 3.8) is 0 Å². The number of hydrogen-bond acceptors (Lipinski definition) is 5. The Morgan fingerprint density at radius 1 is 0.955 bits per heavy atom. The second-order valence-electron chi connectivity index (χ2n) is 5.68. The molecule has 1 fully saturated rings. The second-order valence-corrected chi connectivity index (χ2v) is 5.68. The van der Waals surface area contributed by atoms with E-state index in [1.54, 1.807) is 13.8 Å². The molecule has 0 heterocycles. The number of hydrogen-bond donors (Lipinski definition) is 0. The third-order valence-electron chi connectivity index (χ3n) is 3.94. The lowest BCUT2D eigenvalue weighted by molar-refractivity contribution is -0.162. The highest BCUT2D eigenvalue weighted by Gasteiger charge is 2.28. The Morgan fingerprint density at radius 3 is 2.09 bits per heavy atom. The van der Waals surface area contributed by atoms with Crippen LogP contribution in [0.3, 0.4) is 0 Å². The van der Waals surface area contributed by atoms with Crippen LogP contribution in [0.1, 0.15) is 65.2 Å². The van der Waals surface area contributed by atoms with Crippen molar-refractivity contribution >= 4 is 11.9 Å². The van der Waals surface area contributed by atoms with E-state index in [2.05, 4.69) is 0 Å².